The number of amides is 1. The molecule has 18 heavy (non-hydrogen) atoms. The summed E-state index contributed by atoms with van der Waals surface area (Å²) in [5.41, 5.74) is 2.16. The number of nitrogens with one attached hydrogen (secondary N) is 2. The van der Waals surface area contributed by atoms with Crippen LogP contribution in [0.1, 0.15) is 5.56 Å². The minimum atomic E-state index is -0.0984. The molecule has 1 aromatic carbocycles. The number of H-pyrrole nitrogens is 1. The molecule has 0 saturated heterocycles. The molecule has 4 heteroatoms. The number of hydrogen-bond acceptors (Lipinski definition) is 2. The van der Waals surface area contributed by atoms with Crippen molar-refractivity contribution < 1.29 is 4.79 Å². The monoisotopic (exact) mass is 258 g/mol. The first kappa shape index (κ1) is 12.5. The number of anilines is 1. The van der Waals surface area contributed by atoms with E-state index in [0.29, 0.717) is 4.91 Å². The predicted molar refractivity (Wildman–Crippen MR) is 75.6 cm³/mol. The minimum absolute atomic E-state index is 0.0984. The number of aromatic nitrogens is 1. The second kappa shape index (κ2) is 5.60. The number of rotatable bonds is 0. The van der Waals surface area contributed by atoms with Crippen molar-refractivity contribution in [3.8, 4) is 0 Å². The van der Waals surface area contributed by atoms with Gasteiger partial charge in [-0.1, -0.05) is 30.5 Å². The number of thioether (sulfide) groups is 1. The lowest BCUT2D eigenvalue weighted by atomic mass is 10.3. The molecule has 0 spiro atoms. The van der Waals surface area contributed by atoms with Crippen molar-refractivity contribution in [1.29, 1.82) is 0 Å². The summed E-state index contributed by atoms with van der Waals surface area (Å²) < 4.78 is 0. The van der Waals surface area contributed by atoms with Crippen molar-refractivity contribution in [2.45, 2.75) is 11.8 Å². The molecule has 0 radical (unpaired) electrons. The van der Waals surface area contributed by atoms with Gasteiger partial charge in [0.1, 0.15) is 0 Å². The minimum Gasteiger partial charge on any atom is -0.367 e. The van der Waals surface area contributed by atoms with Gasteiger partial charge < -0.3 is 10.3 Å². The van der Waals surface area contributed by atoms with Gasteiger partial charge in [-0.15, -0.1) is 0 Å². The first-order valence-electron chi connectivity index (χ1n) is 5.53. The molecule has 3 nitrogen and oxygen atoms in total. The summed E-state index contributed by atoms with van der Waals surface area (Å²) in [5.74, 6) is -0.0984. The maximum atomic E-state index is 11.1. The second-order valence-corrected chi connectivity index (χ2v) is 5.00. The van der Waals surface area contributed by atoms with Crippen LogP contribution in [0.4, 0.5) is 5.69 Å². The average Bonchev–Trinajstić information content (AvgIpc) is 2.83. The number of fused-ring (bicyclic) bond motifs is 1. The quantitative estimate of drug-likeness (QED) is 0.710. The van der Waals surface area contributed by atoms with Crippen molar-refractivity contribution in [1.82, 2.24) is 4.98 Å². The van der Waals surface area contributed by atoms with Gasteiger partial charge in [0, 0.05) is 17.3 Å². The third kappa shape index (κ3) is 3.05. The molecule has 0 aliphatic carbocycles. The van der Waals surface area contributed by atoms with Crippen LogP contribution in [0.15, 0.2) is 59.1 Å². The third-order valence-electron chi connectivity index (χ3n) is 2.38. The zero-order chi connectivity index (χ0) is 13.0. The first-order valence-corrected chi connectivity index (χ1v) is 6.35. The van der Waals surface area contributed by atoms with E-state index < -0.39 is 0 Å². The van der Waals surface area contributed by atoms with E-state index in [-0.39, 0.29) is 5.91 Å². The van der Waals surface area contributed by atoms with Crippen LogP contribution in [0.25, 0.3) is 0 Å². The Labute approximate surface area is 110 Å². The molecule has 2 aromatic rings. The van der Waals surface area contributed by atoms with Gasteiger partial charge in [-0.25, -0.2) is 0 Å². The molecule has 1 amide bonds. The molecule has 0 atom stereocenters. The molecule has 3 rings (SSSR count). The fourth-order valence-electron chi connectivity index (χ4n) is 1.44. The van der Waals surface area contributed by atoms with E-state index in [1.54, 1.807) is 0 Å². The lowest BCUT2D eigenvalue weighted by Gasteiger charge is -2.16. The first-order chi connectivity index (χ1) is 8.66. The molecule has 1 aliphatic rings. The summed E-state index contributed by atoms with van der Waals surface area (Å²) in [6.45, 7) is 5.70. The highest BCUT2D eigenvalue weighted by Crippen LogP contribution is 2.36. The molecular weight excluding hydrogens is 244 g/mol. The average molecular weight is 258 g/mol. The van der Waals surface area contributed by atoms with Crippen molar-refractivity contribution in [3.05, 3.63) is 59.8 Å². The zero-order valence-corrected chi connectivity index (χ0v) is 10.9. The largest absolute Gasteiger partial charge is 0.367 e. The zero-order valence-electron chi connectivity index (χ0n) is 10.1. The van der Waals surface area contributed by atoms with Crippen molar-refractivity contribution >= 4 is 23.4 Å². The number of aryl methyl sites for hydroxylation is 1. The molecule has 0 fully saturated rings. The fraction of sp³-hybridized carbons (Fsp3) is 0.0714. The third-order valence-corrected chi connectivity index (χ3v) is 3.38. The molecule has 92 valence electrons. The molecule has 0 unspecified atom stereocenters. The van der Waals surface area contributed by atoms with Gasteiger partial charge in [0.25, 0.3) is 5.91 Å². The van der Waals surface area contributed by atoms with E-state index in [0.717, 1.165) is 10.6 Å². The lowest BCUT2D eigenvalue weighted by molar-refractivity contribution is -0.112. The van der Waals surface area contributed by atoms with E-state index in [2.05, 4.69) is 23.8 Å². The Balaban J connectivity index is 0.000000169. The van der Waals surface area contributed by atoms with Gasteiger partial charge in [-0.3, -0.25) is 4.79 Å². The van der Waals surface area contributed by atoms with Gasteiger partial charge in [-0.05, 0) is 30.7 Å². The highest BCUT2D eigenvalue weighted by Gasteiger charge is 2.17. The number of para-hydroxylation sites is 1. The van der Waals surface area contributed by atoms with Crippen LogP contribution in [0.2, 0.25) is 0 Å². The van der Waals surface area contributed by atoms with Gasteiger partial charge in [0.2, 0.25) is 0 Å². The smallest absolute Gasteiger partial charge is 0.261 e. The van der Waals surface area contributed by atoms with Crippen LogP contribution in [-0.4, -0.2) is 10.9 Å². The number of carbonyl (C=O) groups excluding carboxylic acids is 1. The van der Waals surface area contributed by atoms with Crippen LogP contribution in [0.3, 0.4) is 0 Å². The van der Waals surface area contributed by atoms with E-state index in [9.17, 15) is 4.79 Å². The highest BCUT2D eigenvalue weighted by molar-refractivity contribution is 8.04. The standard InChI is InChI=1S/C9H7NOS.C5H7N/c1-6-9(11)10-7-4-2-3-5-8(7)12-6;1-5-2-3-6-4-5/h2-5H,1H2,(H,10,11);2-4,6H,1H3. The summed E-state index contributed by atoms with van der Waals surface area (Å²) >= 11 is 1.41. The summed E-state index contributed by atoms with van der Waals surface area (Å²) in [5, 5.41) is 2.75. The molecule has 1 aromatic heterocycles. The van der Waals surface area contributed by atoms with Gasteiger partial charge in [0.05, 0.1) is 10.6 Å². The van der Waals surface area contributed by atoms with Crippen LogP contribution in [0.5, 0.6) is 0 Å². The van der Waals surface area contributed by atoms with Crippen molar-refractivity contribution in [2.75, 3.05) is 5.32 Å². The van der Waals surface area contributed by atoms with E-state index >= 15 is 0 Å². The SMILES string of the molecule is C=C1Sc2ccccc2NC1=O.Cc1cc[nH]c1. The highest BCUT2D eigenvalue weighted by atomic mass is 32.2. The topological polar surface area (TPSA) is 44.9 Å². The maximum absolute atomic E-state index is 11.1. The number of carbonyl (C=O) groups is 1. The van der Waals surface area contributed by atoms with Gasteiger partial charge in [-0.2, -0.15) is 0 Å². The predicted octanol–water partition coefficient (Wildman–Crippen LogP) is 3.57. The lowest BCUT2D eigenvalue weighted by Crippen LogP contribution is -2.16. The van der Waals surface area contributed by atoms with Crippen LogP contribution in [-0.2, 0) is 4.79 Å². The number of benzene rings is 1. The Hall–Kier alpha value is -1.94. The Morgan fingerprint density at radius 1 is 1.22 bits per heavy atom. The van der Waals surface area contributed by atoms with E-state index in [1.165, 1.54) is 17.3 Å². The van der Waals surface area contributed by atoms with Crippen LogP contribution in [0, 0.1) is 6.92 Å². The van der Waals surface area contributed by atoms with Crippen LogP contribution >= 0.6 is 11.8 Å². The van der Waals surface area contributed by atoms with E-state index in [4.69, 9.17) is 0 Å². The molecule has 2 heterocycles. The van der Waals surface area contributed by atoms with Crippen molar-refractivity contribution in [2.24, 2.45) is 0 Å². The Morgan fingerprint density at radius 2 is 2.00 bits per heavy atom. The van der Waals surface area contributed by atoms with Crippen molar-refractivity contribution in [3.63, 3.8) is 0 Å². The summed E-state index contributed by atoms with van der Waals surface area (Å²) in [6, 6.07) is 9.71. The molecule has 0 bridgehead atoms. The fourth-order valence-corrected chi connectivity index (χ4v) is 2.22. The number of aromatic amines is 1. The molecule has 0 saturated carbocycles. The van der Waals surface area contributed by atoms with E-state index in [1.807, 2.05) is 42.7 Å². The molecule has 2 N–H and O–H groups in total. The van der Waals surface area contributed by atoms with Crippen LogP contribution < -0.4 is 5.32 Å². The summed E-state index contributed by atoms with van der Waals surface area (Å²) in [7, 11) is 0. The normalized spacial score (nSPS) is 13.2. The van der Waals surface area contributed by atoms with Gasteiger partial charge >= 0.3 is 0 Å². The maximum Gasteiger partial charge on any atom is 0.261 e. The summed E-state index contributed by atoms with van der Waals surface area (Å²) in [4.78, 5) is 15.7. The Kier molecular flexibility index (Phi) is 3.89. The number of hydrogen-bond donors (Lipinski definition) is 2. The molecule has 1 aliphatic heterocycles. The Morgan fingerprint density at radius 3 is 2.61 bits per heavy atom. The summed E-state index contributed by atoms with van der Waals surface area (Å²) in [6.07, 6.45) is 3.87. The van der Waals surface area contributed by atoms with Gasteiger partial charge in [0.15, 0.2) is 0 Å². The molecular formula is C14H14N2OS. The Bertz CT molecular complexity index is 526. The second-order valence-electron chi connectivity index (χ2n) is 3.86.